The molecule has 4 N–H and O–H groups in total. The van der Waals surface area contributed by atoms with E-state index in [1.807, 2.05) is 6.92 Å². The molecule has 0 saturated carbocycles. The number of nitrogen functional groups attached to an aromatic ring is 1. The number of hydrogen-bond donors (Lipinski definition) is 3. The molecule has 0 radical (unpaired) electrons. The summed E-state index contributed by atoms with van der Waals surface area (Å²) in [5.74, 6) is 0.0478. The Morgan fingerprint density at radius 3 is 2.71 bits per heavy atom. The summed E-state index contributed by atoms with van der Waals surface area (Å²) in [7, 11) is 0. The van der Waals surface area contributed by atoms with Crippen LogP contribution in [0.3, 0.4) is 0 Å². The highest BCUT2D eigenvalue weighted by molar-refractivity contribution is 7.16. The van der Waals surface area contributed by atoms with Crippen molar-refractivity contribution in [2.24, 2.45) is 0 Å². The molecule has 2 aromatic heterocycles. The van der Waals surface area contributed by atoms with Crippen LogP contribution in [0.15, 0.2) is 4.79 Å². The highest BCUT2D eigenvalue weighted by atomic mass is 32.1. The van der Waals surface area contributed by atoms with Crippen LogP contribution in [0.4, 0.5) is 5.95 Å². The molecular weight excluding hydrogens is 296 g/mol. The van der Waals surface area contributed by atoms with Crippen LogP contribution in [0.5, 0.6) is 0 Å². The Labute approximate surface area is 123 Å². The first-order valence-corrected chi connectivity index (χ1v) is 7.42. The van der Waals surface area contributed by atoms with Crippen molar-refractivity contribution in [3.63, 3.8) is 0 Å². The third kappa shape index (κ3) is 2.13. The van der Waals surface area contributed by atoms with Gasteiger partial charge in [-0.3, -0.25) is 9.36 Å². The van der Waals surface area contributed by atoms with E-state index in [9.17, 15) is 15.0 Å². The number of aliphatic hydroxyl groups is 2. The van der Waals surface area contributed by atoms with E-state index in [2.05, 4.69) is 9.97 Å². The van der Waals surface area contributed by atoms with Crippen LogP contribution in [0.1, 0.15) is 25.3 Å². The van der Waals surface area contributed by atoms with Crippen molar-refractivity contribution < 1.29 is 14.9 Å². The zero-order valence-electron chi connectivity index (χ0n) is 11.6. The summed E-state index contributed by atoms with van der Waals surface area (Å²) < 4.78 is 7.46. The molecule has 1 fully saturated rings. The number of anilines is 1. The summed E-state index contributed by atoms with van der Waals surface area (Å²) >= 11 is 0.967. The Kier molecular flexibility index (Phi) is 3.44. The van der Waals surface area contributed by atoms with E-state index in [1.54, 1.807) is 6.92 Å². The zero-order valence-corrected chi connectivity index (χ0v) is 12.4. The van der Waals surface area contributed by atoms with Crippen molar-refractivity contribution in [2.45, 2.75) is 44.8 Å². The second-order valence-corrected chi connectivity index (χ2v) is 5.97. The number of aliphatic hydroxyl groups excluding tert-OH is 2. The lowest BCUT2D eigenvalue weighted by Crippen LogP contribution is -2.33. The molecule has 1 aliphatic rings. The number of fused-ring (bicyclic) bond motifs is 1. The lowest BCUT2D eigenvalue weighted by Gasteiger charge is -2.16. The van der Waals surface area contributed by atoms with E-state index in [0.29, 0.717) is 22.5 Å². The Hall–Kier alpha value is -1.55. The highest BCUT2D eigenvalue weighted by Gasteiger charge is 2.44. The molecule has 3 heterocycles. The average molecular weight is 312 g/mol. The van der Waals surface area contributed by atoms with E-state index < -0.39 is 24.5 Å². The monoisotopic (exact) mass is 312 g/mol. The third-order valence-corrected chi connectivity index (χ3v) is 4.70. The number of aryl methyl sites for hydroxylation is 1. The van der Waals surface area contributed by atoms with Gasteiger partial charge in [0, 0.05) is 0 Å². The van der Waals surface area contributed by atoms with Crippen LogP contribution < -0.4 is 10.6 Å². The van der Waals surface area contributed by atoms with Crippen molar-refractivity contribution in [2.75, 3.05) is 5.73 Å². The molecule has 0 amide bonds. The predicted octanol–water partition coefficient (Wildman–Crippen LogP) is -0.227. The van der Waals surface area contributed by atoms with Gasteiger partial charge < -0.3 is 20.7 Å². The largest absolute Gasteiger partial charge is 0.388 e. The van der Waals surface area contributed by atoms with Gasteiger partial charge in [0.15, 0.2) is 11.9 Å². The Bertz CT molecular complexity index is 743. The summed E-state index contributed by atoms with van der Waals surface area (Å²) in [5, 5.41) is 20.1. The van der Waals surface area contributed by atoms with Crippen molar-refractivity contribution in [1.82, 2.24) is 14.5 Å². The van der Waals surface area contributed by atoms with Gasteiger partial charge in [-0.05, 0) is 13.3 Å². The van der Waals surface area contributed by atoms with Gasteiger partial charge in [-0.25, -0.2) is 4.98 Å². The van der Waals surface area contributed by atoms with Gasteiger partial charge >= 0.3 is 4.87 Å². The number of rotatable bonds is 2. The van der Waals surface area contributed by atoms with Gasteiger partial charge in [-0.1, -0.05) is 18.3 Å². The topological polar surface area (TPSA) is 123 Å². The fourth-order valence-electron chi connectivity index (χ4n) is 2.58. The quantitative estimate of drug-likeness (QED) is 0.700. The van der Waals surface area contributed by atoms with E-state index in [0.717, 1.165) is 11.3 Å². The zero-order chi connectivity index (χ0) is 15.3. The lowest BCUT2D eigenvalue weighted by atomic mass is 10.1. The molecule has 9 heteroatoms. The van der Waals surface area contributed by atoms with Crippen molar-refractivity contribution in [3.05, 3.63) is 15.4 Å². The minimum Gasteiger partial charge on any atom is -0.388 e. The highest BCUT2D eigenvalue weighted by Crippen LogP contribution is 2.33. The fourth-order valence-corrected chi connectivity index (χ4v) is 3.47. The molecule has 0 unspecified atom stereocenters. The molecule has 0 aromatic carbocycles. The van der Waals surface area contributed by atoms with Crippen molar-refractivity contribution in [1.29, 1.82) is 0 Å². The Morgan fingerprint density at radius 1 is 1.38 bits per heavy atom. The lowest BCUT2D eigenvalue weighted by molar-refractivity contribution is -0.0365. The molecule has 21 heavy (non-hydrogen) atoms. The van der Waals surface area contributed by atoms with Gasteiger partial charge in [0.25, 0.3) is 0 Å². The third-order valence-electron chi connectivity index (χ3n) is 3.64. The molecule has 2 aromatic rings. The first kappa shape index (κ1) is 14.4. The smallest absolute Gasteiger partial charge is 0.311 e. The normalized spacial score (nSPS) is 29.3. The number of hydrogen-bond acceptors (Lipinski definition) is 8. The molecule has 3 rings (SSSR count). The maximum Gasteiger partial charge on any atom is 0.311 e. The molecule has 8 nitrogen and oxygen atoms in total. The summed E-state index contributed by atoms with van der Waals surface area (Å²) in [4.78, 5) is 20.0. The minimum absolute atomic E-state index is 0.0478. The second-order valence-electron chi connectivity index (χ2n) is 5.01. The standard InChI is InChI=1S/C12H16N4O4S/c1-3-5-6(17)7(18)10(20-5)16-9-8(21-12(16)19)4(2)14-11(13)15-9/h5-7,10,17-18H,3H2,1-2H3,(H2,13,14,15)/t5-,6-,7-,10-/m1/s1. The SMILES string of the molecule is CC[C@H]1O[C@@H](n2c(=O)sc3c(C)nc(N)nc32)[C@H](O)[C@@H]1O. The van der Waals surface area contributed by atoms with Crippen LogP contribution in [0.25, 0.3) is 10.3 Å². The van der Waals surface area contributed by atoms with E-state index in [-0.39, 0.29) is 10.8 Å². The van der Waals surface area contributed by atoms with Gasteiger partial charge in [-0.2, -0.15) is 4.98 Å². The van der Waals surface area contributed by atoms with E-state index in [1.165, 1.54) is 4.57 Å². The first-order valence-electron chi connectivity index (χ1n) is 6.60. The van der Waals surface area contributed by atoms with E-state index in [4.69, 9.17) is 10.5 Å². The Morgan fingerprint density at radius 2 is 2.10 bits per heavy atom. The molecule has 0 spiro atoms. The number of nitrogens with two attached hydrogens (primary N) is 1. The number of ether oxygens (including phenoxy) is 1. The fraction of sp³-hybridized carbons (Fsp3) is 0.583. The van der Waals surface area contributed by atoms with Crippen LogP contribution >= 0.6 is 11.3 Å². The Balaban J connectivity index is 2.17. The molecule has 114 valence electrons. The second kappa shape index (κ2) is 5.02. The number of aromatic nitrogens is 3. The van der Waals surface area contributed by atoms with Crippen LogP contribution in [0, 0.1) is 6.92 Å². The minimum atomic E-state index is -1.19. The molecular formula is C12H16N4O4S. The van der Waals surface area contributed by atoms with Gasteiger partial charge in [-0.15, -0.1) is 0 Å². The average Bonchev–Trinajstić information content (AvgIpc) is 2.89. The maximum absolute atomic E-state index is 12.2. The summed E-state index contributed by atoms with van der Waals surface area (Å²) in [6.07, 6.45) is -3.20. The predicted molar refractivity (Wildman–Crippen MR) is 77.0 cm³/mol. The summed E-state index contributed by atoms with van der Waals surface area (Å²) in [6, 6.07) is 0. The van der Waals surface area contributed by atoms with Crippen LogP contribution in [0.2, 0.25) is 0 Å². The van der Waals surface area contributed by atoms with E-state index >= 15 is 0 Å². The van der Waals surface area contributed by atoms with Crippen molar-refractivity contribution >= 4 is 27.6 Å². The number of nitrogens with zero attached hydrogens (tertiary/aromatic N) is 3. The van der Waals surface area contributed by atoms with Crippen molar-refractivity contribution in [3.8, 4) is 0 Å². The first-order chi connectivity index (χ1) is 9.93. The van der Waals surface area contributed by atoms with Gasteiger partial charge in [0.1, 0.15) is 12.2 Å². The molecule has 1 saturated heterocycles. The van der Waals surface area contributed by atoms with Gasteiger partial charge in [0.05, 0.1) is 16.5 Å². The summed E-state index contributed by atoms with van der Waals surface area (Å²) in [6.45, 7) is 3.57. The van der Waals surface area contributed by atoms with Gasteiger partial charge in [0.2, 0.25) is 5.95 Å². The van der Waals surface area contributed by atoms with Crippen LogP contribution in [-0.4, -0.2) is 43.1 Å². The molecule has 0 bridgehead atoms. The molecule has 4 atom stereocenters. The maximum atomic E-state index is 12.2. The number of thiazole rings is 1. The summed E-state index contributed by atoms with van der Waals surface area (Å²) in [5.41, 5.74) is 6.55. The van der Waals surface area contributed by atoms with Crippen LogP contribution in [-0.2, 0) is 4.74 Å². The molecule has 0 aliphatic carbocycles. The molecule has 1 aliphatic heterocycles.